The van der Waals surface area contributed by atoms with Gasteiger partial charge in [0.25, 0.3) is 11.5 Å². The number of ether oxygens (including phenoxy) is 2. The summed E-state index contributed by atoms with van der Waals surface area (Å²) in [5.74, 6) is -1.10. The predicted molar refractivity (Wildman–Crippen MR) is 148 cm³/mol. The lowest BCUT2D eigenvalue weighted by Gasteiger charge is -2.25. The maximum absolute atomic E-state index is 12.9. The highest BCUT2D eigenvalue weighted by Gasteiger charge is 2.26. The molecule has 2 atom stereocenters. The van der Waals surface area contributed by atoms with Crippen LogP contribution in [0, 0.1) is 11.3 Å². The van der Waals surface area contributed by atoms with Crippen molar-refractivity contribution in [1.29, 1.82) is 0 Å². The first-order valence-electron chi connectivity index (χ1n) is 13.1. The van der Waals surface area contributed by atoms with E-state index in [0.717, 1.165) is 12.0 Å². The SMILES string of the molecule is COC(=O)CC[C@H](NC(=O)c1cccc(CCC2CNc3nc(NC(=O)C(C)(C)C)[nH]c(=O)c3C2)c1)C(=O)OC. The van der Waals surface area contributed by atoms with E-state index in [9.17, 15) is 24.0 Å². The zero-order valence-electron chi connectivity index (χ0n) is 23.5. The third kappa shape index (κ3) is 8.14. The number of benzene rings is 1. The number of hydrogen-bond donors (Lipinski definition) is 4. The number of carbonyl (C=O) groups excluding carboxylic acids is 4. The first-order valence-corrected chi connectivity index (χ1v) is 13.1. The number of nitrogens with zero attached hydrogens (tertiary/aromatic N) is 1. The van der Waals surface area contributed by atoms with Crippen LogP contribution in [0.2, 0.25) is 0 Å². The Kier molecular flexibility index (Phi) is 10.0. The van der Waals surface area contributed by atoms with Gasteiger partial charge < -0.3 is 20.1 Å². The number of carbonyl (C=O) groups is 4. The lowest BCUT2D eigenvalue weighted by atomic mass is 9.90. The topological polar surface area (TPSA) is 169 Å². The van der Waals surface area contributed by atoms with E-state index in [0.29, 0.717) is 36.3 Å². The van der Waals surface area contributed by atoms with Crippen LogP contribution in [-0.4, -0.2) is 60.5 Å². The minimum atomic E-state index is -0.984. The number of aryl methyl sites for hydroxylation is 1. The van der Waals surface area contributed by atoms with E-state index in [-0.39, 0.29) is 36.2 Å². The van der Waals surface area contributed by atoms with Gasteiger partial charge in [-0.2, -0.15) is 4.98 Å². The molecule has 1 aromatic heterocycles. The van der Waals surface area contributed by atoms with Gasteiger partial charge in [0, 0.05) is 23.9 Å². The maximum Gasteiger partial charge on any atom is 0.328 e. The monoisotopic (exact) mass is 555 g/mol. The highest BCUT2D eigenvalue weighted by Crippen LogP contribution is 2.25. The minimum absolute atomic E-state index is 0.0413. The molecular weight excluding hydrogens is 518 g/mol. The van der Waals surface area contributed by atoms with E-state index in [1.54, 1.807) is 39.0 Å². The van der Waals surface area contributed by atoms with Crippen LogP contribution in [0.1, 0.15) is 61.5 Å². The van der Waals surface area contributed by atoms with E-state index < -0.39 is 29.3 Å². The molecule has 4 N–H and O–H groups in total. The number of methoxy groups -OCH3 is 2. The zero-order valence-corrected chi connectivity index (χ0v) is 23.5. The van der Waals surface area contributed by atoms with Crippen LogP contribution >= 0.6 is 0 Å². The second-order valence-electron chi connectivity index (χ2n) is 10.8. The number of fused-ring (bicyclic) bond motifs is 1. The van der Waals surface area contributed by atoms with Gasteiger partial charge in [-0.3, -0.25) is 29.5 Å². The standard InChI is InChI=1S/C28H37N5O7/c1-28(2,3)26(38)33-27-31-22-19(24(36)32-27)14-17(15-29-22)10-9-16-7-6-8-18(13-16)23(35)30-20(25(37)40-5)11-12-21(34)39-4/h6-8,13,17,20H,9-12,14-15H2,1-5H3,(H,30,35)(H3,29,31,32,33,36,38)/t17?,20-/m0/s1. The van der Waals surface area contributed by atoms with Gasteiger partial charge in [0.1, 0.15) is 11.9 Å². The Morgan fingerprint density at radius 1 is 1.15 bits per heavy atom. The van der Waals surface area contributed by atoms with E-state index >= 15 is 0 Å². The van der Waals surface area contributed by atoms with Crippen molar-refractivity contribution in [3.8, 4) is 0 Å². The number of esters is 2. The van der Waals surface area contributed by atoms with Gasteiger partial charge in [0.15, 0.2) is 0 Å². The first-order chi connectivity index (χ1) is 18.9. The van der Waals surface area contributed by atoms with Crippen molar-refractivity contribution in [3.63, 3.8) is 0 Å². The van der Waals surface area contributed by atoms with Crippen molar-refractivity contribution in [1.82, 2.24) is 15.3 Å². The van der Waals surface area contributed by atoms with E-state index in [4.69, 9.17) is 4.74 Å². The number of hydrogen-bond acceptors (Lipinski definition) is 9. The van der Waals surface area contributed by atoms with Crippen LogP contribution in [0.15, 0.2) is 29.1 Å². The molecule has 12 heteroatoms. The molecule has 216 valence electrons. The summed E-state index contributed by atoms with van der Waals surface area (Å²) in [5, 5.41) is 8.50. The second kappa shape index (κ2) is 13.2. The van der Waals surface area contributed by atoms with Gasteiger partial charge in [-0.15, -0.1) is 0 Å². The Morgan fingerprint density at radius 3 is 2.58 bits per heavy atom. The van der Waals surface area contributed by atoms with Crippen LogP contribution in [0.5, 0.6) is 0 Å². The number of amides is 2. The minimum Gasteiger partial charge on any atom is -0.469 e. The number of aromatic amines is 1. The Labute approximate surface area is 232 Å². The van der Waals surface area contributed by atoms with Crippen LogP contribution in [0.25, 0.3) is 0 Å². The number of aromatic nitrogens is 2. The number of rotatable bonds is 10. The first kappa shape index (κ1) is 30.3. The fourth-order valence-corrected chi connectivity index (χ4v) is 4.23. The summed E-state index contributed by atoms with van der Waals surface area (Å²) < 4.78 is 9.36. The van der Waals surface area contributed by atoms with Crippen LogP contribution in [0.3, 0.4) is 0 Å². The summed E-state index contributed by atoms with van der Waals surface area (Å²) in [6, 6.07) is 6.10. The molecule has 0 saturated heterocycles. The smallest absolute Gasteiger partial charge is 0.328 e. The second-order valence-corrected chi connectivity index (χ2v) is 10.8. The summed E-state index contributed by atoms with van der Waals surface area (Å²) in [5.41, 5.74) is 0.923. The molecule has 3 rings (SSSR count). The fourth-order valence-electron chi connectivity index (χ4n) is 4.23. The molecule has 1 unspecified atom stereocenters. The molecule has 0 fully saturated rings. The van der Waals surface area contributed by atoms with E-state index in [1.807, 2.05) is 6.07 Å². The molecule has 12 nitrogen and oxygen atoms in total. The van der Waals surface area contributed by atoms with Crippen molar-refractivity contribution in [2.75, 3.05) is 31.4 Å². The summed E-state index contributed by atoms with van der Waals surface area (Å²) >= 11 is 0. The van der Waals surface area contributed by atoms with Gasteiger partial charge in [-0.05, 0) is 49.3 Å². The molecule has 0 bridgehead atoms. The van der Waals surface area contributed by atoms with Gasteiger partial charge in [0.2, 0.25) is 11.9 Å². The summed E-state index contributed by atoms with van der Waals surface area (Å²) in [7, 11) is 2.47. The maximum atomic E-state index is 12.9. The quantitative estimate of drug-likeness (QED) is 0.321. The normalized spacial score (nSPS) is 15.2. The van der Waals surface area contributed by atoms with Crippen molar-refractivity contribution in [3.05, 3.63) is 51.3 Å². The Morgan fingerprint density at radius 2 is 1.90 bits per heavy atom. The molecule has 0 saturated carbocycles. The van der Waals surface area contributed by atoms with Crippen molar-refractivity contribution in [2.24, 2.45) is 11.3 Å². The summed E-state index contributed by atoms with van der Waals surface area (Å²) in [4.78, 5) is 68.4. The number of H-pyrrole nitrogens is 1. The van der Waals surface area contributed by atoms with E-state index in [1.165, 1.54) is 14.2 Å². The Balaban J connectivity index is 1.60. The van der Waals surface area contributed by atoms with Crippen LogP contribution < -0.4 is 21.5 Å². The number of nitrogens with one attached hydrogen (secondary N) is 4. The highest BCUT2D eigenvalue weighted by molar-refractivity contribution is 5.97. The lowest BCUT2D eigenvalue weighted by molar-refractivity contribution is -0.144. The molecule has 2 amide bonds. The van der Waals surface area contributed by atoms with Crippen LogP contribution in [-0.2, 0) is 36.7 Å². The Hall–Kier alpha value is -4.22. The molecular formula is C28H37N5O7. The Bertz CT molecular complexity index is 1310. The van der Waals surface area contributed by atoms with Crippen molar-refractivity contribution >= 4 is 35.5 Å². The van der Waals surface area contributed by atoms with Gasteiger partial charge in [0.05, 0.1) is 19.8 Å². The molecule has 1 aromatic carbocycles. The molecule has 1 aliphatic rings. The third-order valence-electron chi connectivity index (χ3n) is 6.67. The molecule has 40 heavy (non-hydrogen) atoms. The zero-order chi connectivity index (χ0) is 29.4. The molecule has 0 spiro atoms. The van der Waals surface area contributed by atoms with Gasteiger partial charge >= 0.3 is 11.9 Å². The van der Waals surface area contributed by atoms with Crippen molar-refractivity contribution in [2.45, 2.75) is 58.9 Å². The molecule has 2 aromatic rings. The van der Waals surface area contributed by atoms with Crippen molar-refractivity contribution < 1.29 is 28.7 Å². The molecule has 1 aliphatic heterocycles. The molecule has 0 aliphatic carbocycles. The average Bonchev–Trinajstić information content (AvgIpc) is 2.93. The molecule has 0 radical (unpaired) electrons. The highest BCUT2D eigenvalue weighted by atomic mass is 16.5. The largest absolute Gasteiger partial charge is 0.469 e. The average molecular weight is 556 g/mol. The molecule has 2 heterocycles. The number of anilines is 2. The summed E-state index contributed by atoms with van der Waals surface area (Å²) in [6.45, 7) is 5.93. The third-order valence-corrected chi connectivity index (χ3v) is 6.67. The summed E-state index contributed by atoms with van der Waals surface area (Å²) in [6.07, 6.45) is 1.96. The van der Waals surface area contributed by atoms with Gasteiger partial charge in [-0.25, -0.2) is 4.79 Å². The van der Waals surface area contributed by atoms with E-state index in [2.05, 4.69) is 30.7 Å². The fraction of sp³-hybridized carbons (Fsp3) is 0.500. The lowest BCUT2D eigenvalue weighted by Crippen LogP contribution is -2.41. The van der Waals surface area contributed by atoms with Gasteiger partial charge in [-0.1, -0.05) is 32.9 Å². The predicted octanol–water partition coefficient (Wildman–Crippen LogP) is 2.20. The van der Waals surface area contributed by atoms with Crippen LogP contribution in [0.4, 0.5) is 11.8 Å².